The van der Waals surface area contributed by atoms with Crippen molar-refractivity contribution >= 4 is 5.78 Å². The van der Waals surface area contributed by atoms with E-state index in [-0.39, 0.29) is 5.78 Å². The SMILES string of the molecule is O=C(CN1CCC2(CCCC2)CC1)c1ccco1. The van der Waals surface area contributed by atoms with E-state index in [0.29, 0.717) is 17.7 Å². The van der Waals surface area contributed by atoms with Gasteiger partial charge in [0, 0.05) is 0 Å². The van der Waals surface area contributed by atoms with Crippen LogP contribution in [0.15, 0.2) is 22.8 Å². The Morgan fingerprint density at radius 2 is 1.94 bits per heavy atom. The van der Waals surface area contributed by atoms with Crippen LogP contribution in [0.2, 0.25) is 0 Å². The summed E-state index contributed by atoms with van der Waals surface area (Å²) in [7, 11) is 0. The molecule has 1 aromatic rings. The Labute approximate surface area is 108 Å². The molecule has 0 atom stereocenters. The molecule has 98 valence electrons. The maximum absolute atomic E-state index is 12.0. The molecule has 1 spiro atoms. The summed E-state index contributed by atoms with van der Waals surface area (Å²) < 4.78 is 5.15. The summed E-state index contributed by atoms with van der Waals surface area (Å²) in [6, 6.07) is 3.53. The van der Waals surface area contributed by atoms with Crippen LogP contribution in [0.5, 0.6) is 0 Å². The molecular formula is C15H21NO2. The molecule has 2 fully saturated rings. The van der Waals surface area contributed by atoms with Crippen LogP contribution in [0.1, 0.15) is 49.1 Å². The van der Waals surface area contributed by atoms with Gasteiger partial charge in [0.1, 0.15) is 0 Å². The lowest BCUT2D eigenvalue weighted by Crippen LogP contribution is -2.41. The first kappa shape index (κ1) is 12.0. The van der Waals surface area contributed by atoms with Gasteiger partial charge in [-0.05, 0) is 56.3 Å². The van der Waals surface area contributed by atoms with E-state index in [9.17, 15) is 4.79 Å². The predicted octanol–water partition coefficient (Wildman–Crippen LogP) is 3.12. The van der Waals surface area contributed by atoms with Crippen molar-refractivity contribution in [3.05, 3.63) is 24.2 Å². The Hall–Kier alpha value is -1.09. The second-order valence-corrected chi connectivity index (χ2v) is 5.88. The largest absolute Gasteiger partial charge is 0.461 e. The lowest BCUT2D eigenvalue weighted by Gasteiger charge is -2.39. The number of likely N-dealkylation sites (tertiary alicyclic amines) is 1. The third-order valence-electron chi connectivity index (χ3n) is 4.74. The number of carbonyl (C=O) groups excluding carboxylic acids is 1. The van der Waals surface area contributed by atoms with Crippen LogP contribution in [0, 0.1) is 5.41 Å². The standard InChI is InChI=1S/C15H21NO2/c17-13(14-4-3-11-18-14)12-16-9-7-15(8-10-16)5-1-2-6-15/h3-4,11H,1-2,5-10,12H2. The van der Waals surface area contributed by atoms with Crippen molar-refractivity contribution in [3.63, 3.8) is 0 Å². The summed E-state index contributed by atoms with van der Waals surface area (Å²) in [5, 5.41) is 0. The fraction of sp³-hybridized carbons (Fsp3) is 0.667. The molecular weight excluding hydrogens is 226 g/mol. The number of Topliss-reactive ketones (excluding diaryl/α,β-unsaturated/α-hetero) is 1. The summed E-state index contributed by atoms with van der Waals surface area (Å²) in [6.07, 6.45) is 9.75. The van der Waals surface area contributed by atoms with E-state index in [2.05, 4.69) is 4.90 Å². The van der Waals surface area contributed by atoms with Crippen LogP contribution < -0.4 is 0 Å². The van der Waals surface area contributed by atoms with E-state index >= 15 is 0 Å². The zero-order chi connectivity index (χ0) is 12.4. The number of furan rings is 1. The van der Waals surface area contributed by atoms with Gasteiger partial charge in [-0.15, -0.1) is 0 Å². The van der Waals surface area contributed by atoms with Crippen molar-refractivity contribution in [2.75, 3.05) is 19.6 Å². The Bertz CT molecular complexity index is 394. The first-order valence-corrected chi connectivity index (χ1v) is 7.07. The molecule has 0 N–H and O–H groups in total. The van der Waals surface area contributed by atoms with Crippen LogP contribution in [-0.4, -0.2) is 30.3 Å². The first-order valence-electron chi connectivity index (χ1n) is 7.07. The molecule has 18 heavy (non-hydrogen) atoms. The number of carbonyl (C=O) groups is 1. The summed E-state index contributed by atoms with van der Waals surface area (Å²) in [4.78, 5) is 14.2. The molecule has 1 saturated heterocycles. The van der Waals surface area contributed by atoms with E-state index in [1.165, 1.54) is 38.5 Å². The van der Waals surface area contributed by atoms with E-state index < -0.39 is 0 Å². The molecule has 2 aliphatic rings. The molecule has 1 aromatic heterocycles. The predicted molar refractivity (Wildman–Crippen MR) is 69.6 cm³/mol. The zero-order valence-electron chi connectivity index (χ0n) is 10.9. The second kappa shape index (κ2) is 4.88. The van der Waals surface area contributed by atoms with Crippen molar-refractivity contribution in [2.45, 2.75) is 38.5 Å². The maximum Gasteiger partial charge on any atom is 0.211 e. The van der Waals surface area contributed by atoms with Gasteiger partial charge in [-0.25, -0.2) is 0 Å². The topological polar surface area (TPSA) is 33.5 Å². The van der Waals surface area contributed by atoms with Gasteiger partial charge in [0.15, 0.2) is 5.76 Å². The molecule has 0 bridgehead atoms. The Morgan fingerprint density at radius 1 is 1.22 bits per heavy atom. The fourth-order valence-electron chi connectivity index (χ4n) is 3.53. The van der Waals surface area contributed by atoms with Crippen molar-refractivity contribution in [2.24, 2.45) is 5.41 Å². The number of nitrogens with zero attached hydrogens (tertiary/aromatic N) is 1. The molecule has 3 nitrogen and oxygen atoms in total. The van der Waals surface area contributed by atoms with Gasteiger partial charge in [0.25, 0.3) is 0 Å². The molecule has 0 amide bonds. The van der Waals surface area contributed by atoms with Crippen molar-refractivity contribution in [3.8, 4) is 0 Å². The van der Waals surface area contributed by atoms with Gasteiger partial charge in [0.2, 0.25) is 5.78 Å². The molecule has 2 heterocycles. The molecule has 1 saturated carbocycles. The molecule has 0 radical (unpaired) electrons. The molecule has 0 aromatic carbocycles. The molecule has 1 aliphatic carbocycles. The fourth-order valence-corrected chi connectivity index (χ4v) is 3.53. The van der Waals surface area contributed by atoms with Crippen molar-refractivity contribution in [1.29, 1.82) is 0 Å². The van der Waals surface area contributed by atoms with Crippen molar-refractivity contribution < 1.29 is 9.21 Å². The minimum Gasteiger partial charge on any atom is -0.461 e. The van der Waals surface area contributed by atoms with E-state index in [4.69, 9.17) is 4.42 Å². The van der Waals surface area contributed by atoms with Crippen LogP contribution >= 0.6 is 0 Å². The van der Waals surface area contributed by atoms with E-state index in [0.717, 1.165) is 13.1 Å². The number of hydrogen-bond acceptors (Lipinski definition) is 3. The quantitative estimate of drug-likeness (QED) is 0.769. The summed E-state index contributed by atoms with van der Waals surface area (Å²) in [5.41, 5.74) is 0.629. The van der Waals surface area contributed by atoms with Gasteiger partial charge >= 0.3 is 0 Å². The Morgan fingerprint density at radius 3 is 2.56 bits per heavy atom. The Balaban J connectivity index is 1.52. The van der Waals surface area contributed by atoms with Crippen LogP contribution in [-0.2, 0) is 0 Å². The maximum atomic E-state index is 12.0. The summed E-state index contributed by atoms with van der Waals surface area (Å²) >= 11 is 0. The van der Waals surface area contributed by atoms with Gasteiger partial charge in [-0.2, -0.15) is 0 Å². The third-order valence-corrected chi connectivity index (χ3v) is 4.74. The Kier molecular flexibility index (Phi) is 3.25. The van der Waals surface area contributed by atoms with E-state index in [1.807, 2.05) is 0 Å². The van der Waals surface area contributed by atoms with Gasteiger partial charge in [-0.3, -0.25) is 9.69 Å². The first-order chi connectivity index (χ1) is 8.77. The van der Waals surface area contributed by atoms with Crippen molar-refractivity contribution in [1.82, 2.24) is 4.90 Å². The highest BCUT2D eigenvalue weighted by molar-refractivity contribution is 5.94. The average molecular weight is 247 g/mol. The molecule has 3 heteroatoms. The van der Waals surface area contributed by atoms with Crippen LogP contribution in [0.4, 0.5) is 0 Å². The lowest BCUT2D eigenvalue weighted by atomic mass is 9.77. The third kappa shape index (κ3) is 2.37. The van der Waals surface area contributed by atoms with Gasteiger partial charge in [0.05, 0.1) is 12.8 Å². The highest BCUT2D eigenvalue weighted by Gasteiger charge is 2.37. The number of piperidine rings is 1. The highest BCUT2D eigenvalue weighted by atomic mass is 16.3. The number of ketones is 1. The number of hydrogen-bond donors (Lipinski definition) is 0. The number of rotatable bonds is 3. The summed E-state index contributed by atoms with van der Waals surface area (Å²) in [6.45, 7) is 2.67. The lowest BCUT2D eigenvalue weighted by molar-refractivity contribution is 0.0775. The average Bonchev–Trinajstić information content (AvgIpc) is 3.04. The normalized spacial score (nSPS) is 23.6. The zero-order valence-corrected chi connectivity index (χ0v) is 10.9. The smallest absolute Gasteiger partial charge is 0.211 e. The highest BCUT2D eigenvalue weighted by Crippen LogP contribution is 2.45. The second-order valence-electron chi connectivity index (χ2n) is 5.88. The minimum atomic E-state index is 0.113. The van der Waals surface area contributed by atoms with E-state index in [1.54, 1.807) is 18.4 Å². The van der Waals surface area contributed by atoms with Crippen LogP contribution in [0.3, 0.4) is 0 Å². The minimum absolute atomic E-state index is 0.113. The summed E-state index contributed by atoms with van der Waals surface area (Å²) in [5.74, 6) is 0.610. The van der Waals surface area contributed by atoms with Gasteiger partial charge < -0.3 is 4.42 Å². The van der Waals surface area contributed by atoms with Gasteiger partial charge in [-0.1, -0.05) is 12.8 Å². The molecule has 0 unspecified atom stereocenters. The molecule has 3 rings (SSSR count). The van der Waals surface area contributed by atoms with Crippen LogP contribution in [0.25, 0.3) is 0 Å². The monoisotopic (exact) mass is 247 g/mol. The molecule has 1 aliphatic heterocycles.